The molecule has 0 aliphatic carbocycles. The first kappa shape index (κ1) is 13.0. The van der Waals surface area contributed by atoms with E-state index in [0.717, 1.165) is 0 Å². The number of benzene rings is 1. The van der Waals surface area contributed by atoms with Crippen LogP contribution in [-0.2, 0) is 0 Å². The maximum Gasteiger partial charge on any atom is 0.269 e. The molecule has 5 nitrogen and oxygen atoms in total. The fourth-order valence-corrected chi connectivity index (χ4v) is 1.73. The second-order valence-corrected chi connectivity index (χ2v) is 4.34. The van der Waals surface area contributed by atoms with Crippen molar-refractivity contribution >= 4 is 40.5 Å². The van der Waals surface area contributed by atoms with Crippen LogP contribution < -0.4 is 0 Å². The molecule has 0 aliphatic heterocycles. The molecule has 1 aromatic carbocycles. The van der Waals surface area contributed by atoms with E-state index in [1.807, 2.05) is 0 Å². The van der Waals surface area contributed by atoms with E-state index in [2.05, 4.69) is 9.97 Å². The lowest BCUT2D eigenvalue weighted by Gasteiger charge is -2.03. The monoisotopic (exact) mass is 303 g/mol. The normalized spacial score (nSPS) is 10.4. The third-order valence-electron chi connectivity index (χ3n) is 2.11. The largest absolute Gasteiger partial charge is 0.269 e. The zero-order chi connectivity index (χ0) is 13.3. The molecular formula is C10H4Cl3N3O2. The summed E-state index contributed by atoms with van der Waals surface area (Å²) in [6.45, 7) is 0. The second kappa shape index (κ2) is 5.06. The van der Waals surface area contributed by atoms with E-state index < -0.39 is 4.92 Å². The van der Waals surface area contributed by atoms with Crippen molar-refractivity contribution in [2.45, 2.75) is 0 Å². The summed E-state index contributed by atoms with van der Waals surface area (Å²) in [4.78, 5) is 17.9. The standard InChI is InChI=1S/C10H4Cl3N3O2/c11-7-8(12)14-10(15-9(7)13)5-1-3-6(4-2-5)16(17)18/h1-4H. The lowest BCUT2D eigenvalue weighted by molar-refractivity contribution is -0.384. The smallest absolute Gasteiger partial charge is 0.258 e. The summed E-state index contributed by atoms with van der Waals surface area (Å²) in [5.41, 5.74) is 0.533. The molecule has 1 aromatic heterocycles. The summed E-state index contributed by atoms with van der Waals surface area (Å²) in [5, 5.41) is 10.7. The number of aromatic nitrogens is 2. The molecular weight excluding hydrogens is 300 g/mol. The number of hydrogen-bond donors (Lipinski definition) is 0. The van der Waals surface area contributed by atoms with Crippen molar-refractivity contribution in [1.29, 1.82) is 0 Å². The zero-order valence-corrected chi connectivity index (χ0v) is 10.9. The molecule has 8 heteroatoms. The molecule has 0 aliphatic rings. The number of rotatable bonds is 2. The van der Waals surface area contributed by atoms with E-state index >= 15 is 0 Å². The van der Waals surface area contributed by atoms with Gasteiger partial charge >= 0.3 is 0 Å². The molecule has 0 saturated carbocycles. The van der Waals surface area contributed by atoms with E-state index in [0.29, 0.717) is 5.56 Å². The average Bonchev–Trinajstić information content (AvgIpc) is 2.35. The van der Waals surface area contributed by atoms with Crippen molar-refractivity contribution in [2.24, 2.45) is 0 Å². The fourth-order valence-electron chi connectivity index (χ4n) is 1.26. The summed E-state index contributed by atoms with van der Waals surface area (Å²) in [7, 11) is 0. The Labute approximate surface area is 116 Å². The molecule has 0 fully saturated rings. The van der Waals surface area contributed by atoms with Crippen LogP contribution in [-0.4, -0.2) is 14.9 Å². The molecule has 0 atom stereocenters. The summed E-state index contributed by atoms with van der Waals surface area (Å²) < 4.78 is 0. The first-order valence-corrected chi connectivity index (χ1v) is 5.76. The topological polar surface area (TPSA) is 68.9 Å². The van der Waals surface area contributed by atoms with Gasteiger partial charge in [0.05, 0.1) is 4.92 Å². The number of nitrogens with zero attached hydrogens (tertiary/aromatic N) is 3. The van der Waals surface area contributed by atoms with Crippen LogP contribution in [0.3, 0.4) is 0 Å². The first-order chi connectivity index (χ1) is 8.49. The Morgan fingerprint density at radius 3 is 1.94 bits per heavy atom. The Morgan fingerprint density at radius 2 is 1.50 bits per heavy atom. The van der Waals surface area contributed by atoms with Crippen LogP contribution in [0.2, 0.25) is 15.3 Å². The fraction of sp³-hybridized carbons (Fsp3) is 0. The summed E-state index contributed by atoms with van der Waals surface area (Å²) >= 11 is 17.3. The van der Waals surface area contributed by atoms with Crippen LogP contribution in [0.25, 0.3) is 11.4 Å². The van der Waals surface area contributed by atoms with E-state index in [1.165, 1.54) is 24.3 Å². The SMILES string of the molecule is O=[N+]([O-])c1ccc(-c2nc(Cl)c(Cl)c(Cl)n2)cc1. The Bertz CT molecular complexity index is 593. The highest BCUT2D eigenvalue weighted by Gasteiger charge is 2.12. The Morgan fingerprint density at radius 1 is 1.00 bits per heavy atom. The van der Waals surface area contributed by atoms with E-state index in [-0.39, 0.29) is 26.8 Å². The van der Waals surface area contributed by atoms with Crippen LogP contribution in [0.4, 0.5) is 5.69 Å². The van der Waals surface area contributed by atoms with E-state index in [1.54, 1.807) is 0 Å². The van der Waals surface area contributed by atoms with E-state index in [9.17, 15) is 10.1 Å². The van der Waals surface area contributed by atoms with Crippen molar-refractivity contribution in [3.8, 4) is 11.4 Å². The van der Waals surface area contributed by atoms with Gasteiger partial charge in [0.25, 0.3) is 5.69 Å². The predicted octanol–water partition coefficient (Wildman–Crippen LogP) is 4.01. The van der Waals surface area contributed by atoms with Crippen LogP contribution in [0.15, 0.2) is 24.3 Å². The molecule has 0 spiro atoms. The molecule has 92 valence electrons. The first-order valence-electron chi connectivity index (χ1n) is 4.62. The van der Waals surface area contributed by atoms with Crippen molar-refractivity contribution in [2.75, 3.05) is 0 Å². The van der Waals surface area contributed by atoms with Crippen molar-refractivity contribution < 1.29 is 4.92 Å². The number of nitro groups is 1. The molecule has 2 aromatic rings. The molecule has 1 heterocycles. The number of halogens is 3. The minimum absolute atomic E-state index is 0.0232. The van der Waals surface area contributed by atoms with Gasteiger partial charge in [-0.3, -0.25) is 10.1 Å². The van der Waals surface area contributed by atoms with Gasteiger partial charge in [0, 0.05) is 17.7 Å². The molecule has 0 radical (unpaired) electrons. The highest BCUT2D eigenvalue weighted by molar-refractivity contribution is 6.46. The summed E-state index contributed by atoms with van der Waals surface area (Å²) in [6.07, 6.45) is 0. The highest BCUT2D eigenvalue weighted by Crippen LogP contribution is 2.29. The third kappa shape index (κ3) is 2.53. The second-order valence-electron chi connectivity index (χ2n) is 3.25. The van der Waals surface area contributed by atoms with Crippen molar-refractivity contribution in [1.82, 2.24) is 9.97 Å². The van der Waals surface area contributed by atoms with Gasteiger partial charge in [-0.25, -0.2) is 9.97 Å². The van der Waals surface area contributed by atoms with Gasteiger partial charge in [-0.05, 0) is 12.1 Å². The quantitative estimate of drug-likeness (QED) is 0.477. The van der Waals surface area contributed by atoms with Crippen LogP contribution >= 0.6 is 34.8 Å². The lowest BCUT2D eigenvalue weighted by atomic mass is 10.2. The van der Waals surface area contributed by atoms with Crippen molar-refractivity contribution in [3.05, 3.63) is 49.7 Å². The van der Waals surface area contributed by atoms with Crippen LogP contribution in [0.1, 0.15) is 0 Å². The zero-order valence-electron chi connectivity index (χ0n) is 8.60. The lowest BCUT2D eigenvalue weighted by Crippen LogP contribution is -1.92. The third-order valence-corrected chi connectivity index (χ3v) is 3.21. The molecule has 2 rings (SSSR count). The Kier molecular flexibility index (Phi) is 3.65. The molecule has 0 N–H and O–H groups in total. The highest BCUT2D eigenvalue weighted by atomic mass is 35.5. The van der Waals surface area contributed by atoms with Gasteiger partial charge in [0.1, 0.15) is 5.02 Å². The van der Waals surface area contributed by atoms with Crippen LogP contribution in [0.5, 0.6) is 0 Å². The van der Waals surface area contributed by atoms with Gasteiger partial charge < -0.3 is 0 Å². The average molecular weight is 305 g/mol. The maximum atomic E-state index is 10.5. The minimum atomic E-state index is -0.494. The Hall–Kier alpha value is -1.43. The van der Waals surface area contributed by atoms with Gasteiger partial charge in [-0.1, -0.05) is 34.8 Å². The minimum Gasteiger partial charge on any atom is -0.258 e. The van der Waals surface area contributed by atoms with E-state index in [4.69, 9.17) is 34.8 Å². The molecule has 0 saturated heterocycles. The number of non-ortho nitro benzene ring substituents is 1. The maximum absolute atomic E-state index is 10.5. The van der Waals surface area contributed by atoms with Gasteiger partial charge in [0.15, 0.2) is 16.1 Å². The summed E-state index contributed by atoms with van der Waals surface area (Å²) in [6, 6.07) is 5.70. The van der Waals surface area contributed by atoms with Crippen molar-refractivity contribution in [3.63, 3.8) is 0 Å². The number of hydrogen-bond acceptors (Lipinski definition) is 4. The van der Waals surface area contributed by atoms with Gasteiger partial charge in [-0.2, -0.15) is 0 Å². The number of nitro benzene ring substituents is 1. The predicted molar refractivity (Wildman–Crippen MR) is 69.2 cm³/mol. The summed E-state index contributed by atoms with van der Waals surface area (Å²) in [5.74, 6) is 0.254. The van der Waals surface area contributed by atoms with Crippen LogP contribution in [0, 0.1) is 10.1 Å². The molecule has 0 unspecified atom stereocenters. The molecule has 0 bridgehead atoms. The molecule has 18 heavy (non-hydrogen) atoms. The van der Waals surface area contributed by atoms with Gasteiger partial charge in [-0.15, -0.1) is 0 Å². The van der Waals surface area contributed by atoms with Gasteiger partial charge in [0.2, 0.25) is 0 Å². The Balaban J connectivity index is 2.46. The molecule has 0 amide bonds.